The van der Waals surface area contributed by atoms with Crippen LogP contribution in [0.3, 0.4) is 0 Å². The first-order valence-electron chi connectivity index (χ1n) is 5.42. The highest BCUT2D eigenvalue weighted by molar-refractivity contribution is 5.37. The number of hydrogen-bond acceptors (Lipinski definition) is 1. The van der Waals surface area contributed by atoms with Crippen molar-refractivity contribution in [2.45, 2.75) is 46.5 Å². The molecule has 0 heterocycles. The summed E-state index contributed by atoms with van der Waals surface area (Å²) in [4.78, 5) is 0. The van der Waals surface area contributed by atoms with Gasteiger partial charge in [-0.3, -0.25) is 0 Å². The number of rotatable bonds is 2. The zero-order chi connectivity index (χ0) is 11.7. The maximum atomic E-state index is 9.82. The molecule has 0 aliphatic heterocycles. The van der Waals surface area contributed by atoms with Crippen LogP contribution in [0.4, 0.5) is 0 Å². The maximum Gasteiger partial charge on any atom is 0.119 e. The zero-order valence-corrected chi connectivity index (χ0v) is 10.4. The highest BCUT2D eigenvalue weighted by Gasteiger charge is 2.28. The molecule has 0 saturated heterocycles. The van der Waals surface area contributed by atoms with Gasteiger partial charge in [0.15, 0.2) is 0 Å². The second-order valence-electron chi connectivity index (χ2n) is 6.06. The van der Waals surface area contributed by atoms with E-state index in [9.17, 15) is 5.11 Å². The normalized spacial score (nSPS) is 12.9. The molecule has 0 aliphatic rings. The van der Waals surface area contributed by atoms with Gasteiger partial charge >= 0.3 is 0 Å². The molecule has 1 rings (SSSR count). The molecule has 1 aromatic carbocycles. The van der Waals surface area contributed by atoms with Gasteiger partial charge in [-0.2, -0.15) is 0 Å². The summed E-state index contributed by atoms with van der Waals surface area (Å²) < 4.78 is 0. The summed E-state index contributed by atoms with van der Waals surface area (Å²) in [5, 5.41) is 9.82. The van der Waals surface area contributed by atoms with Crippen molar-refractivity contribution in [1.29, 1.82) is 0 Å². The van der Waals surface area contributed by atoms with Gasteiger partial charge in [-0.1, -0.05) is 40.7 Å². The standard InChI is InChI=1S/C14H21O/c1-13(2,3)10-14(4,5)11-8-6-7-9-12(11)15/h7-9,15H,10H2,1-5H3. The van der Waals surface area contributed by atoms with Crippen LogP contribution in [0.5, 0.6) is 5.75 Å². The molecular formula is C14H21O. The van der Waals surface area contributed by atoms with Crippen LogP contribution in [0, 0.1) is 11.5 Å². The van der Waals surface area contributed by atoms with Crippen molar-refractivity contribution in [2.24, 2.45) is 5.41 Å². The first-order valence-corrected chi connectivity index (χ1v) is 5.42. The van der Waals surface area contributed by atoms with E-state index in [1.807, 2.05) is 6.07 Å². The van der Waals surface area contributed by atoms with Crippen molar-refractivity contribution in [3.8, 4) is 5.75 Å². The SMILES string of the molecule is CC(C)(C)CC(C)(C)c1c[c]ccc1O. The maximum absolute atomic E-state index is 9.82. The van der Waals surface area contributed by atoms with Crippen molar-refractivity contribution in [1.82, 2.24) is 0 Å². The summed E-state index contributed by atoms with van der Waals surface area (Å²) >= 11 is 0. The third-order valence-corrected chi connectivity index (χ3v) is 2.54. The summed E-state index contributed by atoms with van der Waals surface area (Å²) in [6, 6.07) is 8.37. The summed E-state index contributed by atoms with van der Waals surface area (Å²) in [6.07, 6.45) is 1.03. The van der Waals surface area contributed by atoms with Crippen molar-refractivity contribution in [2.75, 3.05) is 0 Å². The van der Waals surface area contributed by atoms with Gasteiger partial charge in [0.25, 0.3) is 0 Å². The molecule has 1 N–H and O–H groups in total. The number of aromatic hydroxyl groups is 1. The molecule has 1 aromatic rings. The molecule has 83 valence electrons. The fourth-order valence-corrected chi connectivity index (χ4v) is 2.39. The van der Waals surface area contributed by atoms with Crippen LogP contribution in [-0.4, -0.2) is 5.11 Å². The Morgan fingerprint density at radius 3 is 2.27 bits per heavy atom. The topological polar surface area (TPSA) is 20.2 Å². The molecule has 0 unspecified atom stereocenters. The summed E-state index contributed by atoms with van der Waals surface area (Å²) in [6.45, 7) is 11.0. The Kier molecular flexibility index (Phi) is 3.13. The zero-order valence-electron chi connectivity index (χ0n) is 10.4. The largest absolute Gasteiger partial charge is 0.508 e. The van der Waals surface area contributed by atoms with E-state index in [2.05, 4.69) is 40.7 Å². The summed E-state index contributed by atoms with van der Waals surface area (Å²) in [5.41, 5.74) is 1.23. The molecule has 0 aromatic heterocycles. The van der Waals surface area contributed by atoms with E-state index in [0.717, 1.165) is 12.0 Å². The predicted molar refractivity (Wildman–Crippen MR) is 64.0 cm³/mol. The minimum absolute atomic E-state index is 0.0138. The molecule has 0 saturated carbocycles. The second kappa shape index (κ2) is 3.88. The molecule has 0 atom stereocenters. The average molecular weight is 205 g/mol. The second-order valence-corrected chi connectivity index (χ2v) is 6.06. The minimum Gasteiger partial charge on any atom is -0.508 e. The molecule has 0 amide bonds. The van der Waals surface area contributed by atoms with Gasteiger partial charge in [-0.15, -0.1) is 0 Å². The molecule has 0 bridgehead atoms. The van der Waals surface area contributed by atoms with E-state index in [-0.39, 0.29) is 10.8 Å². The Balaban J connectivity index is 3.01. The third-order valence-electron chi connectivity index (χ3n) is 2.54. The van der Waals surface area contributed by atoms with E-state index in [1.54, 1.807) is 12.1 Å². The van der Waals surface area contributed by atoms with E-state index < -0.39 is 0 Å². The molecule has 0 spiro atoms. The van der Waals surface area contributed by atoms with E-state index in [4.69, 9.17) is 0 Å². The smallest absolute Gasteiger partial charge is 0.119 e. The van der Waals surface area contributed by atoms with Gasteiger partial charge in [0.1, 0.15) is 5.75 Å². The lowest BCUT2D eigenvalue weighted by Gasteiger charge is -2.33. The first-order chi connectivity index (χ1) is 6.72. The molecule has 1 radical (unpaired) electrons. The van der Waals surface area contributed by atoms with Crippen LogP contribution in [0.15, 0.2) is 18.2 Å². The Morgan fingerprint density at radius 1 is 1.20 bits per heavy atom. The summed E-state index contributed by atoms with van der Waals surface area (Å²) in [7, 11) is 0. The van der Waals surface area contributed by atoms with Crippen molar-refractivity contribution in [3.63, 3.8) is 0 Å². The third kappa shape index (κ3) is 3.26. The van der Waals surface area contributed by atoms with Crippen LogP contribution in [-0.2, 0) is 5.41 Å². The van der Waals surface area contributed by atoms with Crippen LogP contribution < -0.4 is 0 Å². The van der Waals surface area contributed by atoms with Gasteiger partial charge in [0, 0.05) is 5.56 Å². The molecule has 15 heavy (non-hydrogen) atoms. The molecule has 0 fully saturated rings. The Morgan fingerprint density at radius 2 is 1.80 bits per heavy atom. The lowest BCUT2D eigenvalue weighted by Crippen LogP contribution is -2.24. The first kappa shape index (κ1) is 12.1. The molecule has 1 heteroatoms. The fourth-order valence-electron chi connectivity index (χ4n) is 2.39. The highest BCUT2D eigenvalue weighted by atomic mass is 16.3. The van der Waals surface area contributed by atoms with Crippen molar-refractivity contribution >= 4 is 0 Å². The molecular weight excluding hydrogens is 184 g/mol. The minimum atomic E-state index is -0.0138. The van der Waals surface area contributed by atoms with E-state index in [1.165, 1.54) is 0 Å². The lowest BCUT2D eigenvalue weighted by molar-refractivity contribution is 0.278. The Labute approximate surface area is 93.1 Å². The van der Waals surface area contributed by atoms with Gasteiger partial charge in [-0.25, -0.2) is 0 Å². The van der Waals surface area contributed by atoms with Gasteiger partial charge in [0.05, 0.1) is 0 Å². The molecule has 1 nitrogen and oxygen atoms in total. The fraction of sp³-hybridized carbons (Fsp3) is 0.571. The number of phenols is 1. The quantitative estimate of drug-likeness (QED) is 0.776. The van der Waals surface area contributed by atoms with Gasteiger partial charge < -0.3 is 5.11 Å². The van der Waals surface area contributed by atoms with Gasteiger partial charge in [-0.05, 0) is 35.4 Å². The van der Waals surface area contributed by atoms with Gasteiger partial charge in [0.2, 0.25) is 0 Å². The van der Waals surface area contributed by atoms with Crippen LogP contribution in [0.2, 0.25) is 0 Å². The predicted octanol–water partition coefficient (Wildman–Crippen LogP) is 3.91. The van der Waals surface area contributed by atoms with Crippen molar-refractivity contribution in [3.05, 3.63) is 29.8 Å². The van der Waals surface area contributed by atoms with Crippen LogP contribution in [0.25, 0.3) is 0 Å². The lowest BCUT2D eigenvalue weighted by atomic mass is 9.72. The number of phenolic OH excluding ortho intramolecular Hbond substituents is 1. The Bertz CT molecular complexity index is 331. The number of hydrogen-bond donors (Lipinski definition) is 1. The number of benzene rings is 1. The van der Waals surface area contributed by atoms with Crippen LogP contribution in [0.1, 0.15) is 46.6 Å². The summed E-state index contributed by atoms with van der Waals surface area (Å²) in [5.74, 6) is 0.378. The van der Waals surface area contributed by atoms with Crippen LogP contribution >= 0.6 is 0 Å². The van der Waals surface area contributed by atoms with E-state index in [0.29, 0.717) is 5.75 Å². The Hall–Kier alpha value is -0.980. The monoisotopic (exact) mass is 205 g/mol. The average Bonchev–Trinajstić information content (AvgIpc) is 1.99. The van der Waals surface area contributed by atoms with Crippen molar-refractivity contribution < 1.29 is 5.11 Å². The van der Waals surface area contributed by atoms with E-state index >= 15 is 0 Å². The molecule has 0 aliphatic carbocycles. The highest BCUT2D eigenvalue weighted by Crippen LogP contribution is 2.39.